The lowest BCUT2D eigenvalue weighted by Gasteiger charge is -2.36. The van der Waals surface area contributed by atoms with E-state index in [9.17, 15) is 4.79 Å². The van der Waals surface area contributed by atoms with Crippen LogP contribution in [0, 0.1) is 0 Å². The van der Waals surface area contributed by atoms with Crippen LogP contribution >= 0.6 is 12.6 Å². The third-order valence-electron chi connectivity index (χ3n) is 3.14. The zero-order valence-electron chi connectivity index (χ0n) is 10.6. The van der Waals surface area contributed by atoms with Crippen molar-refractivity contribution in [2.24, 2.45) is 0 Å². The van der Waals surface area contributed by atoms with E-state index in [0.29, 0.717) is 13.2 Å². The smallest absolute Gasteiger partial charge is 0.410 e. The predicted octanol–water partition coefficient (Wildman–Crippen LogP) is 3.11. The monoisotopic (exact) mass is 265 g/mol. The van der Waals surface area contributed by atoms with E-state index in [1.807, 2.05) is 30.3 Å². The Balaban J connectivity index is 1.85. The molecular weight excluding hydrogens is 246 g/mol. The Morgan fingerprint density at radius 1 is 1.44 bits per heavy atom. The number of carbonyl (C=O) groups is 1. The molecule has 1 fully saturated rings. The average Bonchev–Trinajstić information content (AvgIpc) is 2.36. The predicted molar refractivity (Wildman–Crippen MR) is 74.8 cm³/mol. The highest BCUT2D eigenvalue weighted by molar-refractivity contribution is 7.81. The largest absolute Gasteiger partial charge is 0.445 e. The highest BCUT2D eigenvalue weighted by Gasteiger charge is 2.30. The van der Waals surface area contributed by atoms with Gasteiger partial charge in [-0.25, -0.2) is 4.79 Å². The summed E-state index contributed by atoms with van der Waals surface area (Å²) < 4.78 is 5.22. The second kappa shape index (κ2) is 5.65. The summed E-state index contributed by atoms with van der Waals surface area (Å²) in [6.07, 6.45) is 1.79. The molecule has 0 aliphatic carbocycles. The molecule has 2 rings (SSSR count). The van der Waals surface area contributed by atoms with E-state index in [4.69, 9.17) is 4.74 Å². The molecule has 1 aliphatic heterocycles. The number of piperidine rings is 1. The second-order valence-corrected chi connectivity index (χ2v) is 6.14. The van der Waals surface area contributed by atoms with E-state index < -0.39 is 0 Å². The zero-order chi connectivity index (χ0) is 13.0. The number of amides is 1. The number of hydrogen-bond acceptors (Lipinski definition) is 3. The molecule has 1 saturated heterocycles. The number of hydrogen-bond donors (Lipinski definition) is 1. The molecule has 0 bridgehead atoms. The Morgan fingerprint density at radius 3 is 2.83 bits per heavy atom. The minimum atomic E-state index is -0.237. The van der Waals surface area contributed by atoms with Gasteiger partial charge in [-0.2, -0.15) is 12.6 Å². The molecule has 0 aromatic heterocycles. The van der Waals surface area contributed by atoms with Crippen molar-refractivity contribution in [3.63, 3.8) is 0 Å². The molecule has 1 unspecified atom stereocenters. The number of likely N-dealkylation sites (tertiary alicyclic amines) is 1. The van der Waals surface area contributed by atoms with E-state index in [2.05, 4.69) is 19.6 Å². The molecule has 98 valence electrons. The summed E-state index contributed by atoms with van der Waals surface area (Å²) in [6, 6.07) is 9.73. The lowest BCUT2D eigenvalue weighted by atomic mass is 10.00. The summed E-state index contributed by atoms with van der Waals surface area (Å²) >= 11 is 4.56. The van der Waals surface area contributed by atoms with Gasteiger partial charge in [-0.3, -0.25) is 0 Å². The third kappa shape index (κ3) is 3.67. The number of rotatable bonds is 2. The van der Waals surface area contributed by atoms with Crippen LogP contribution in [0.15, 0.2) is 30.3 Å². The Morgan fingerprint density at radius 2 is 2.17 bits per heavy atom. The van der Waals surface area contributed by atoms with Crippen molar-refractivity contribution in [1.29, 1.82) is 0 Å². The first-order valence-electron chi connectivity index (χ1n) is 6.25. The van der Waals surface area contributed by atoms with Gasteiger partial charge >= 0.3 is 6.09 Å². The first-order valence-corrected chi connectivity index (χ1v) is 6.70. The first kappa shape index (κ1) is 13.3. The molecule has 0 saturated carbocycles. The molecule has 0 spiro atoms. The van der Waals surface area contributed by atoms with Gasteiger partial charge in [-0.1, -0.05) is 30.3 Å². The highest BCUT2D eigenvalue weighted by atomic mass is 32.1. The fourth-order valence-corrected chi connectivity index (χ4v) is 2.52. The van der Waals surface area contributed by atoms with Crippen LogP contribution in [-0.2, 0) is 11.3 Å². The fourth-order valence-electron chi connectivity index (χ4n) is 2.19. The van der Waals surface area contributed by atoms with Crippen molar-refractivity contribution >= 4 is 18.7 Å². The van der Waals surface area contributed by atoms with Crippen molar-refractivity contribution in [3.05, 3.63) is 35.9 Å². The van der Waals surface area contributed by atoms with Gasteiger partial charge in [0.2, 0.25) is 0 Å². The molecule has 3 nitrogen and oxygen atoms in total. The molecular formula is C14H19NO2S. The lowest BCUT2D eigenvalue weighted by molar-refractivity contribution is 0.0847. The average molecular weight is 265 g/mol. The van der Waals surface area contributed by atoms with Crippen molar-refractivity contribution in [3.8, 4) is 0 Å². The van der Waals surface area contributed by atoms with Gasteiger partial charge in [-0.15, -0.1) is 0 Å². The molecule has 18 heavy (non-hydrogen) atoms. The maximum Gasteiger partial charge on any atom is 0.410 e. The number of ether oxygens (including phenoxy) is 1. The quantitative estimate of drug-likeness (QED) is 0.833. The Hall–Kier alpha value is -1.16. The fraction of sp³-hybridized carbons (Fsp3) is 0.500. The standard InChI is InChI=1S/C14H19NO2S/c1-14(18)8-5-9-15(11-14)13(16)17-10-12-6-3-2-4-7-12/h2-4,6-7,18H,5,8-11H2,1H3. The normalized spacial score (nSPS) is 23.8. The third-order valence-corrected chi connectivity index (χ3v) is 3.50. The lowest BCUT2D eigenvalue weighted by Crippen LogP contribution is -2.46. The number of benzene rings is 1. The van der Waals surface area contributed by atoms with Crippen LogP contribution < -0.4 is 0 Å². The van der Waals surface area contributed by atoms with Crippen molar-refractivity contribution in [2.75, 3.05) is 13.1 Å². The molecule has 4 heteroatoms. The maximum atomic E-state index is 11.9. The molecule has 1 aromatic rings. The van der Waals surface area contributed by atoms with Crippen LogP contribution in [-0.4, -0.2) is 28.8 Å². The van der Waals surface area contributed by atoms with Crippen molar-refractivity contribution in [1.82, 2.24) is 4.90 Å². The van der Waals surface area contributed by atoms with Crippen LogP contribution in [0.3, 0.4) is 0 Å². The molecule has 1 aromatic carbocycles. The molecule has 1 heterocycles. The van der Waals surface area contributed by atoms with Gasteiger partial charge < -0.3 is 9.64 Å². The highest BCUT2D eigenvalue weighted by Crippen LogP contribution is 2.27. The van der Waals surface area contributed by atoms with E-state index in [1.165, 1.54) is 0 Å². The Labute approximate surface area is 114 Å². The van der Waals surface area contributed by atoms with Crippen LogP contribution in [0.5, 0.6) is 0 Å². The van der Waals surface area contributed by atoms with Crippen molar-refractivity contribution < 1.29 is 9.53 Å². The Kier molecular flexibility index (Phi) is 4.17. The van der Waals surface area contributed by atoms with E-state index in [1.54, 1.807) is 4.90 Å². The summed E-state index contributed by atoms with van der Waals surface area (Å²) in [5.74, 6) is 0. The maximum absolute atomic E-state index is 11.9. The summed E-state index contributed by atoms with van der Waals surface area (Å²) in [6.45, 7) is 3.82. The molecule has 1 amide bonds. The second-order valence-electron chi connectivity index (χ2n) is 5.06. The molecule has 1 aliphatic rings. The number of thiol groups is 1. The first-order chi connectivity index (χ1) is 8.57. The van der Waals surface area contributed by atoms with Crippen LogP contribution in [0.4, 0.5) is 4.79 Å². The number of nitrogens with zero attached hydrogens (tertiary/aromatic N) is 1. The van der Waals surface area contributed by atoms with Gasteiger partial charge in [0.15, 0.2) is 0 Å². The molecule has 0 N–H and O–H groups in total. The zero-order valence-corrected chi connectivity index (χ0v) is 11.5. The SMILES string of the molecule is CC1(S)CCCN(C(=O)OCc2ccccc2)C1. The van der Waals surface area contributed by atoms with Gasteiger partial charge in [0, 0.05) is 17.8 Å². The topological polar surface area (TPSA) is 29.5 Å². The van der Waals surface area contributed by atoms with Gasteiger partial charge in [0.1, 0.15) is 6.61 Å². The molecule has 0 radical (unpaired) electrons. The van der Waals surface area contributed by atoms with Crippen LogP contribution in [0.2, 0.25) is 0 Å². The summed E-state index contributed by atoms with van der Waals surface area (Å²) in [7, 11) is 0. The van der Waals surface area contributed by atoms with E-state index in [-0.39, 0.29) is 10.8 Å². The van der Waals surface area contributed by atoms with E-state index >= 15 is 0 Å². The van der Waals surface area contributed by atoms with Gasteiger partial charge in [-0.05, 0) is 25.3 Å². The summed E-state index contributed by atoms with van der Waals surface area (Å²) in [4.78, 5) is 13.7. The minimum Gasteiger partial charge on any atom is -0.445 e. The van der Waals surface area contributed by atoms with Crippen LogP contribution in [0.25, 0.3) is 0 Å². The van der Waals surface area contributed by atoms with Gasteiger partial charge in [0.05, 0.1) is 0 Å². The Bertz CT molecular complexity index is 406. The van der Waals surface area contributed by atoms with Crippen molar-refractivity contribution in [2.45, 2.75) is 31.1 Å². The summed E-state index contributed by atoms with van der Waals surface area (Å²) in [5.41, 5.74) is 1.01. The number of carbonyl (C=O) groups excluding carboxylic acids is 1. The minimum absolute atomic E-state index is 0.0932. The van der Waals surface area contributed by atoms with Gasteiger partial charge in [0.25, 0.3) is 0 Å². The van der Waals surface area contributed by atoms with Crippen LogP contribution in [0.1, 0.15) is 25.3 Å². The molecule has 1 atom stereocenters. The summed E-state index contributed by atoms with van der Waals surface area (Å²) in [5, 5.41) is 0. The van der Waals surface area contributed by atoms with E-state index in [0.717, 1.165) is 24.9 Å².